The van der Waals surface area contributed by atoms with Gasteiger partial charge in [0.05, 0.1) is 0 Å². The van der Waals surface area contributed by atoms with Crippen LogP contribution in [0.15, 0.2) is 42.5 Å². The second-order valence-corrected chi connectivity index (χ2v) is 6.82. The predicted molar refractivity (Wildman–Crippen MR) is 99.8 cm³/mol. The first-order chi connectivity index (χ1) is 11.7. The summed E-state index contributed by atoms with van der Waals surface area (Å²) in [5.74, 6) is 0.844. The van der Waals surface area contributed by atoms with E-state index in [1.807, 2.05) is 11.8 Å². The van der Waals surface area contributed by atoms with Gasteiger partial charge in [-0.1, -0.05) is 56.7 Å². The van der Waals surface area contributed by atoms with Crippen molar-refractivity contribution in [3.63, 3.8) is 0 Å². The van der Waals surface area contributed by atoms with Crippen molar-refractivity contribution >= 4 is 16.7 Å². The van der Waals surface area contributed by atoms with Gasteiger partial charge in [0.25, 0.3) is 0 Å². The SMILES string of the molecule is CCC(=O)N1CC[C@@H](NCc2ccc3ccccc3c2)[C@@H](CC)C1. The molecule has 24 heavy (non-hydrogen) atoms. The van der Waals surface area contributed by atoms with E-state index in [1.165, 1.54) is 16.3 Å². The van der Waals surface area contributed by atoms with E-state index in [-0.39, 0.29) is 0 Å². The minimum absolute atomic E-state index is 0.293. The van der Waals surface area contributed by atoms with E-state index in [0.717, 1.165) is 32.5 Å². The summed E-state index contributed by atoms with van der Waals surface area (Å²) in [5, 5.41) is 6.33. The molecule has 0 aromatic heterocycles. The molecule has 0 radical (unpaired) electrons. The van der Waals surface area contributed by atoms with Gasteiger partial charge in [0.15, 0.2) is 0 Å². The van der Waals surface area contributed by atoms with Crippen molar-refractivity contribution in [3.05, 3.63) is 48.0 Å². The van der Waals surface area contributed by atoms with Crippen LogP contribution in [0.1, 0.15) is 38.7 Å². The number of fused-ring (bicyclic) bond motifs is 1. The Morgan fingerprint density at radius 2 is 1.96 bits per heavy atom. The Labute approximate surface area is 145 Å². The number of likely N-dealkylation sites (tertiary alicyclic amines) is 1. The lowest BCUT2D eigenvalue weighted by molar-refractivity contribution is -0.133. The molecule has 2 aromatic rings. The molecular weight excluding hydrogens is 296 g/mol. The fraction of sp³-hybridized carbons (Fsp3) is 0.476. The van der Waals surface area contributed by atoms with Gasteiger partial charge < -0.3 is 10.2 Å². The van der Waals surface area contributed by atoms with Crippen LogP contribution >= 0.6 is 0 Å². The molecular formula is C21H28N2O. The second kappa shape index (κ2) is 7.80. The maximum absolute atomic E-state index is 11.9. The minimum atomic E-state index is 0.293. The van der Waals surface area contributed by atoms with Crippen LogP contribution in [-0.2, 0) is 11.3 Å². The Balaban J connectivity index is 1.61. The zero-order valence-corrected chi connectivity index (χ0v) is 14.8. The molecule has 1 saturated heterocycles. The van der Waals surface area contributed by atoms with E-state index in [4.69, 9.17) is 0 Å². The second-order valence-electron chi connectivity index (χ2n) is 6.82. The quantitative estimate of drug-likeness (QED) is 0.902. The number of rotatable bonds is 5. The van der Waals surface area contributed by atoms with Crippen molar-refractivity contribution in [1.82, 2.24) is 10.2 Å². The molecule has 0 spiro atoms. The molecule has 0 bridgehead atoms. The normalized spacial score (nSPS) is 21.2. The van der Waals surface area contributed by atoms with E-state index in [9.17, 15) is 4.79 Å². The summed E-state index contributed by atoms with van der Waals surface area (Å²) < 4.78 is 0. The molecule has 1 amide bonds. The summed E-state index contributed by atoms with van der Waals surface area (Å²) in [6.07, 6.45) is 2.78. The van der Waals surface area contributed by atoms with E-state index in [0.29, 0.717) is 24.3 Å². The van der Waals surface area contributed by atoms with Crippen LogP contribution in [0.25, 0.3) is 10.8 Å². The largest absolute Gasteiger partial charge is 0.342 e. The van der Waals surface area contributed by atoms with Crippen molar-refractivity contribution in [2.45, 2.75) is 45.7 Å². The van der Waals surface area contributed by atoms with Crippen molar-refractivity contribution in [3.8, 4) is 0 Å². The van der Waals surface area contributed by atoms with Crippen molar-refractivity contribution in [2.75, 3.05) is 13.1 Å². The molecule has 3 nitrogen and oxygen atoms in total. The number of nitrogens with one attached hydrogen (secondary N) is 1. The average Bonchev–Trinajstić information content (AvgIpc) is 2.65. The van der Waals surface area contributed by atoms with Gasteiger partial charge in [-0.05, 0) is 34.7 Å². The molecule has 3 heteroatoms. The number of amides is 1. The van der Waals surface area contributed by atoms with Crippen LogP contribution in [0, 0.1) is 5.92 Å². The van der Waals surface area contributed by atoms with Crippen LogP contribution in [0.3, 0.4) is 0 Å². The zero-order chi connectivity index (χ0) is 16.9. The molecule has 1 aliphatic heterocycles. The van der Waals surface area contributed by atoms with E-state index >= 15 is 0 Å². The maximum Gasteiger partial charge on any atom is 0.222 e. The highest BCUT2D eigenvalue weighted by Crippen LogP contribution is 2.22. The summed E-state index contributed by atoms with van der Waals surface area (Å²) >= 11 is 0. The van der Waals surface area contributed by atoms with Crippen LogP contribution < -0.4 is 5.32 Å². The Morgan fingerprint density at radius 1 is 1.17 bits per heavy atom. The zero-order valence-electron chi connectivity index (χ0n) is 14.8. The van der Waals surface area contributed by atoms with Gasteiger partial charge in [-0.3, -0.25) is 4.79 Å². The fourth-order valence-corrected chi connectivity index (χ4v) is 3.76. The molecule has 0 saturated carbocycles. The van der Waals surface area contributed by atoms with Crippen molar-refractivity contribution < 1.29 is 4.79 Å². The Hall–Kier alpha value is -1.87. The number of hydrogen-bond donors (Lipinski definition) is 1. The summed E-state index contributed by atoms with van der Waals surface area (Å²) in [7, 11) is 0. The van der Waals surface area contributed by atoms with Crippen LogP contribution in [0.2, 0.25) is 0 Å². The van der Waals surface area contributed by atoms with Crippen LogP contribution in [-0.4, -0.2) is 29.9 Å². The molecule has 0 aliphatic carbocycles. The predicted octanol–water partition coefficient (Wildman–Crippen LogP) is 3.97. The summed E-state index contributed by atoms with van der Waals surface area (Å²) in [6, 6.07) is 15.7. The van der Waals surface area contributed by atoms with E-state index < -0.39 is 0 Å². The van der Waals surface area contributed by atoms with Crippen molar-refractivity contribution in [1.29, 1.82) is 0 Å². The lowest BCUT2D eigenvalue weighted by atomic mass is 9.89. The number of hydrogen-bond acceptors (Lipinski definition) is 2. The summed E-state index contributed by atoms with van der Waals surface area (Å²) in [4.78, 5) is 14.0. The third-order valence-electron chi connectivity index (χ3n) is 5.30. The smallest absolute Gasteiger partial charge is 0.222 e. The molecule has 1 N–H and O–H groups in total. The third-order valence-corrected chi connectivity index (χ3v) is 5.30. The average molecular weight is 324 g/mol. The van der Waals surface area contributed by atoms with Gasteiger partial charge in [0.1, 0.15) is 0 Å². The molecule has 3 rings (SSSR count). The van der Waals surface area contributed by atoms with Crippen LogP contribution in [0.5, 0.6) is 0 Å². The fourth-order valence-electron chi connectivity index (χ4n) is 3.76. The molecule has 128 valence electrons. The van der Waals surface area contributed by atoms with Crippen molar-refractivity contribution in [2.24, 2.45) is 5.92 Å². The lowest BCUT2D eigenvalue weighted by Gasteiger charge is -2.38. The standard InChI is InChI=1S/C21H28N2O/c1-3-17-15-23(21(24)4-2)12-11-20(17)22-14-16-9-10-18-7-5-6-8-19(18)13-16/h5-10,13,17,20,22H,3-4,11-12,14-15H2,1-2H3/t17-,20+/m0/s1. The highest BCUT2D eigenvalue weighted by atomic mass is 16.2. The molecule has 2 atom stereocenters. The van der Waals surface area contributed by atoms with Crippen LogP contribution in [0.4, 0.5) is 0 Å². The Morgan fingerprint density at radius 3 is 2.71 bits per heavy atom. The van der Waals surface area contributed by atoms with Gasteiger partial charge >= 0.3 is 0 Å². The first kappa shape index (κ1) is 17.0. The minimum Gasteiger partial charge on any atom is -0.342 e. The molecule has 2 aromatic carbocycles. The van der Waals surface area contributed by atoms with Gasteiger partial charge in [-0.2, -0.15) is 0 Å². The third kappa shape index (κ3) is 3.78. The van der Waals surface area contributed by atoms with Gasteiger partial charge in [-0.25, -0.2) is 0 Å². The number of carbonyl (C=O) groups excluding carboxylic acids is 1. The molecule has 1 heterocycles. The monoisotopic (exact) mass is 324 g/mol. The first-order valence-corrected chi connectivity index (χ1v) is 9.20. The topological polar surface area (TPSA) is 32.3 Å². The number of nitrogens with zero attached hydrogens (tertiary/aromatic N) is 1. The Bertz CT molecular complexity index is 697. The van der Waals surface area contributed by atoms with Gasteiger partial charge in [0, 0.05) is 32.1 Å². The Kier molecular flexibility index (Phi) is 5.52. The maximum atomic E-state index is 11.9. The molecule has 1 aliphatic rings. The van der Waals surface area contributed by atoms with Gasteiger partial charge in [0.2, 0.25) is 5.91 Å². The highest BCUT2D eigenvalue weighted by Gasteiger charge is 2.29. The van der Waals surface area contributed by atoms with E-state index in [1.54, 1.807) is 0 Å². The summed E-state index contributed by atoms with van der Waals surface area (Å²) in [5.41, 5.74) is 1.33. The first-order valence-electron chi connectivity index (χ1n) is 9.20. The number of benzene rings is 2. The number of piperidine rings is 1. The molecule has 1 fully saturated rings. The highest BCUT2D eigenvalue weighted by molar-refractivity contribution is 5.83. The number of carbonyl (C=O) groups is 1. The van der Waals surface area contributed by atoms with Gasteiger partial charge in [-0.15, -0.1) is 0 Å². The lowest BCUT2D eigenvalue weighted by Crippen LogP contribution is -2.50. The van der Waals surface area contributed by atoms with E-state index in [2.05, 4.69) is 54.7 Å². The summed E-state index contributed by atoms with van der Waals surface area (Å²) in [6.45, 7) is 6.87. The molecule has 0 unspecified atom stereocenters.